The second-order valence-corrected chi connectivity index (χ2v) is 11.6. The molecule has 0 radical (unpaired) electrons. The van der Waals surface area contributed by atoms with Gasteiger partial charge in [0.2, 0.25) is 0 Å². The van der Waals surface area contributed by atoms with Gasteiger partial charge in [0.05, 0.1) is 6.85 Å². The molecule has 9 aromatic carbocycles. The SMILES string of the molecule is [2H]c1c([2H])c([2H])c(-c2ccc3oc4ccccc4c3c2-c2ccc3ccc4c(-c5cccc6ccccc56)ccc5ccc2c3c54)c([2H])c1[2H]. The van der Waals surface area contributed by atoms with E-state index >= 15 is 0 Å². The van der Waals surface area contributed by atoms with E-state index in [2.05, 4.69) is 91.0 Å². The van der Waals surface area contributed by atoms with E-state index in [1.807, 2.05) is 36.4 Å². The Bertz CT molecular complexity index is 3010. The first-order valence-corrected chi connectivity index (χ1v) is 15.1. The third-order valence-corrected chi connectivity index (χ3v) is 9.33. The summed E-state index contributed by atoms with van der Waals surface area (Å²) in [6, 6.07) is 42.3. The van der Waals surface area contributed by atoms with Crippen molar-refractivity contribution >= 4 is 65.0 Å². The number of fused-ring (bicyclic) bond motifs is 4. The molecule has 1 heteroatoms. The van der Waals surface area contributed by atoms with Gasteiger partial charge in [0.15, 0.2) is 0 Å². The molecule has 1 heterocycles. The summed E-state index contributed by atoms with van der Waals surface area (Å²) < 4.78 is 49.6. The van der Waals surface area contributed by atoms with Gasteiger partial charge in [-0.1, -0.05) is 145 Å². The minimum absolute atomic E-state index is 0.169. The lowest BCUT2D eigenvalue weighted by Gasteiger charge is -2.19. The van der Waals surface area contributed by atoms with Crippen LogP contribution in [0.2, 0.25) is 0 Å². The van der Waals surface area contributed by atoms with Crippen molar-refractivity contribution in [2.24, 2.45) is 0 Å². The second kappa shape index (κ2) is 9.29. The Labute approximate surface area is 266 Å². The Kier molecular flexibility index (Phi) is 4.15. The molecule has 0 bridgehead atoms. The predicted molar refractivity (Wildman–Crippen MR) is 191 cm³/mol. The van der Waals surface area contributed by atoms with Crippen LogP contribution in [0.5, 0.6) is 0 Å². The summed E-state index contributed by atoms with van der Waals surface area (Å²) in [5.74, 6) is 0. The monoisotopic (exact) mass is 575 g/mol. The van der Waals surface area contributed by atoms with Crippen LogP contribution in [0.1, 0.15) is 6.85 Å². The van der Waals surface area contributed by atoms with Crippen LogP contribution < -0.4 is 0 Å². The van der Waals surface area contributed by atoms with Gasteiger partial charge in [-0.2, -0.15) is 0 Å². The van der Waals surface area contributed by atoms with Crippen LogP contribution in [0.25, 0.3) is 98.4 Å². The van der Waals surface area contributed by atoms with Crippen molar-refractivity contribution in [3.8, 4) is 33.4 Å². The van der Waals surface area contributed by atoms with Crippen molar-refractivity contribution < 1.29 is 11.3 Å². The number of furan rings is 1. The smallest absolute Gasteiger partial charge is 0.136 e. The lowest BCUT2D eigenvalue weighted by atomic mass is 9.84. The molecule has 0 spiro atoms. The van der Waals surface area contributed by atoms with E-state index in [0.717, 1.165) is 60.0 Å². The van der Waals surface area contributed by atoms with Gasteiger partial charge < -0.3 is 4.42 Å². The summed E-state index contributed by atoms with van der Waals surface area (Å²) in [6.45, 7) is 0. The summed E-state index contributed by atoms with van der Waals surface area (Å²) in [7, 11) is 0. The standard InChI is InChI=1S/C44H26O/c1-2-9-28(10-3-1)32-25-26-40-44(38-14-6-7-16-39(38)45-40)43(32)37-24-20-30-18-22-35-34(21-17-29-19-23-36(37)42(30)41(29)35)33-15-8-12-27-11-4-5-13-31(27)33/h1-26H/i1D,2D,3D,9D,10D. The zero-order chi connectivity index (χ0) is 33.8. The molecule has 0 saturated carbocycles. The fourth-order valence-corrected chi connectivity index (χ4v) is 7.40. The summed E-state index contributed by atoms with van der Waals surface area (Å²) in [5.41, 5.74) is 6.14. The van der Waals surface area contributed by atoms with Gasteiger partial charge >= 0.3 is 0 Å². The predicted octanol–water partition coefficient (Wildman–Crippen LogP) is 12.6. The van der Waals surface area contributed by atoms with E-state index in [1.165, 1.54) is 21.7 Å². The third-order valence-electron chi connectivity index (χ3n) is 9.33. The summed E-state index contributed by atoms with van der Waals surface area (Å²) >= 11 is 0. The van der Waals surface area contributed by atoms with Gasteiger partial charge in [0.1, 0.15) is 11.2 Å². The molecule has 0 aliphatic carbocycles. The highest BCUT2D eigenvalue weighted by Crippen LogP contribution is 2.48. The number of hydrogen-bond acceptors (Lipinski definition) is 1. The van der Waals surface area contributed by atoms with E-state index < -0.39 is 6.04 Å². The number of hydrogen-bond donors (Lipinski definition) is 0. The molecule has 45 heavy (non-hydrogen) atoms. The van der Waals surface area contributed by atoms with Crippen molar-refractivity contribution in [1.29, 1.82) is 0 Å². The van der Waals surface area contributed by atoms with Gasteiger partial charge in [0.25, 0.3) is 0 Å². The first-order chi connectivity index (χ1) is 24.4. The molecule has 0 unspecified atom stereocenters. The molecule has 0 aliphatic rings. The average molecular weight is 576 g/mol. The van der Waals surface area contributed by atoms with Gasteiger partial charge in [0, 0.05) is 16.3 Å². The Morgan fingerprint density at radius 2 is 1.00 bits per heavy atom. The third kappa shape index (κ3) is 3.50. The zero-order valence-corrected chi connectivity index (χ0v) is 24.0. The maximum atomic E-state index is 8.97. The summed E-state index contributed by atoms with van der Waals surface area (Å²) in [6.07, 6.45) is 0. The molecule has 0 atom stereocenters. The highest BCUT2D eigenvalue weighted by Gasteiger charge is 2.21. The lowest BCUT2D eigenvalue weighted by molar-refractivity contribution is 0.669. The number of para-hydroxylation sites is 1. The minimum atomic E-state index is -0.412. The average Bonchev–Trinajstić information content (AvgIpc) is 3.54. The molecule has 0 fully saturated rings. The Balaban J connectivity index is 1.36. The highest BCUT2D eigenvalue weighted by molar-refractivity contribution is 6.30. The van der Waals surface area contributed by atoms with Crippen molar-refractivity contribution in [2.45, 2.75) is 0 Å². The summed E-state index contributed by atoms with van der Waals surface area (Å²) in [4.78, 5) is 0. The minimum Gasteiger partial charge on any atom is -0.456 e. The fourth-order valence-electron chi connectivity index (χ4n) is 7.40. The maximum Gasteiger partial charge on any atom is 0.136 e. The van der Waals surface area contributed by atoms with Gasteiger partial charge in [-0.3, -0.25) is 0 Å². The first kappa shape index (κ1) is 20.1. The molecule has 10 aromatic rings. The molecule has 1 nitrogen and oxygen atoms in total. The second-order valence-electron chi connectivity index (χ2n) is 11.6. The van der Waals surface area contributed by atoms with Crippen LogP contribution in [0.3, 0.4) is 0 Å². The van der Waals surface area contributed by atoms with Gasteiger partial charge in [-0.05, 0) is 83.0 Å². The Morgan fingerprint density at radius 3 is 1.82 bits per heavy atom. The van der Waals surface area contributed by atoms with Crippen LogP contribution >= 0.6 is 0 Å². The fraction of sp³-hybridized carbons (Fsp3) is 0. The van der Waals surface area contributed by atoms with E-state index in [1.54, 1.807) is 0 Å². The molecular formula is C44H26O. The molecule has 0 saturated heterocycles. The molecule has 0 amide bonds. The zero-order valence-electron chi connectivity index (χ0n) is 29.0. The van der Waals surface area contributed by atoms with Crippen LogP contribution in [-0.2, 0) is 0 Å². The van der Waals surface area contributed by atoms with E-state index in [-0.39, 0.29) is 29.7 Å². The van der Waals surface area contributed by atoms with Crippen molar-refractivity contribution in [2.75, 3.05) is 0 Å². The Morgan fingerprint density at radius 1 is 0.378 bits per heavy atom. The molecular weight excluding hydrogens is 544 g/mol. The molecule has 208 valence electrons. The van der Waals surface area contributed by atoms with Crippen LogP contribution in [0.4, 0.5) is 0 Å². The van der Waals surface area contributed by atoms with Crippen LogP contribution in [0.15, 0.2) is 162 Å². The van der Waals surface area contributed by atoms with Gasteiger partial charge in [-0.15, -0.1) is 0 Å². The van der Waals surface area contributed by atoms with Crippen LogP contribution in [-0.4, -0.2) is 0 Å². The van der Waals surface area contributed by atoms with Crippen LogP contribution in [0, 0.1) is 0 Å². The topological polar surface area (TPSA) is 13.1 Å². The van der Waals surface area contributed by atoms with E-state index in [4.69, 9.17) is 11.3 Å². The molecule has 1 aromatic heterocycles. The van der Waals surface area contributed by atoms with E-state index in [0.29, 0.717) is 11.1 Å². The van der Waals surface area contributed by atoms with Crippen molar-refractivity contribution in [1.82, 2.24) is 0 Å². The van der Waals surface area contributed by atoms with Crippen molar-refractivity contribution in [3.63, 3.8) is 0 Å². The lowest BCUT2D eigenvalue weighted by Crippen LogP contribution is -1.92. The van der Waals surface area contributed by atoms with E-state index in [9.17, 15) is 0 Å². The van der Waals surface area contributed by atoms with Crippen molar-refractivity contribution in [3.05, 3.63) is 158 Å². The number of rotatable bonds is 3. The highest BCUT2D eigenvalue weighted by atomic mass is 16.3. The normalized spacial score (nSPS) is 13.6. The summed E-state index contributed by atoms with van der Waals surface area (Å²) in [5, 5.41) is 10.8. The largest absolute Gasteiger partial charge is 0.456 e. The Hall–Kier alpha value is -5.92. The molecule has 0 N–H and O–H groups in total. The molecule has 10 rings (SSSR count). The maximum absolute atomic E-state index is 8.97. The number of benzene rings is 9. The first-order valence-electron chi connectivity index (χ1n) is 17.6. The quantitative estimate of drug-likeness (QED) is 0.191. The van der Waals surface area contributed by atoms with Gasteiger partial charge in [-0.25, -0.2) is 0 Å². The molecule has 0 aliphatic heterocycles.